The first-order valence-corrected chi connectivity index (χ1v) is 9.15. The smallest absolute Gasteiger partial charge is 0.497 e. The van der Waals surface area contributed by atoms with Gasteiger partial charge in [0.25, 0.3) is 0 Å². The van der Waals surface area contributed by atoms with Crippen LogP contribution in [-0.4, -0.2) is 35.5 Å². The monoisotopic (exact) mass is 405 g/mol. The molecule has 0 aliphatic carbocycles. The molecule has 2 rings (SSSR count). The van der Waals surface area contributed by atoms with E-state index >= 15 is 0 Å². The van der Waals surface area contributed by atoms with Crippen LogP contribution in [0.3, 0.4) is 0 Å². The number of sulfonamides is 1. The van der Waals surface area contributed by atoms with E-state index in [0.29, 0.717) is 11.3 Å². The lowest BCUT2D eigenvalue weighted by atomic mass is 10.1. The fourth-order valence-corrected chi connectivity index (χ4v) is 3.30. The van der Waals surface area contributed by atoms with Gasteiger partial charge in [-0.1, -0.05) is 12.1 Å². The van der Waals surface area contributed by atoms with Gasteiger partial charge < -0.3 is 14.2 Å². The number of hydrogen-bond acceptors (Lipinski definition) is 5. The molecule has 1 atom stereocenters. The predicted molar refractivity (Wildman–Crippen MR) is 91.1 cm³/mol. The zero-order valence-electron chi connectivity index (χ0n) is 14.5. The van der Waals surface area contributed by atoms with E-state index < -0.39 is 28.2 Å². The minimum absolute atomic E-state index is 0.0766. The maximum atomic E-state index is 12.3. The van der Waals surface area contributed by atoms with Gasteiger partial charge in [-0.15, -0.1) is 13.2 Å². The van der Waals surface area contributed by atoms with E-state index in [4.69, 9.17) is 9.47 Å². The van der Waals surface area contributed by atoms with E-state index in [9.17, 15) is 21.6 Å². The average molecular weight is 405 g/mol. The van der Waals surface area contributed by atoms with Crippen molar-refractivity contribution in [2.24, 2.45) is 0 Å². The third kappa shape index (κ3) is 6.12. The first kappa shape index (κ1) is 21.0. The summed E-state index contributed by atoms with van der Waals surface area (Å²) >= 11 is 0. The minimum atomic E-state index is -4.85. The molecular formula is C17H18F3NO5S. The maximum Gasteiger partial charge on any atom is 0.573 e. The van der Waals surface area contributed by atoms with E-state index in [-0.39, 0.29) is 11.4 Å². The molecule has 10 heteroatoms. The molecule has 0 fully saturated rings. The van der Waals surface area contributed by atoms with Gasteiger partial charge in [0.05, 0.1) is 18.1 Å². The van der Waals surface area contributed by atoms with E-state index in [2.05, 4.69) is 9.46 Å². The number of alkyl halides is 3. The van der Waals surface area contributed by atoms with Gasteiger partial charge in [-0.2, -0.15) is 0 Å². The summed E-state index contributed by atoms with van der Waals surface area (Å²) in [5, 5.41) is 0. The first-order chi connectivity index (χ1) is 12.6. The molecule has 1 N–H and O–H groups in total. The molecule has 1 unspecified atom stereocenters. The van der Waals surface area contributed by atoms with E-state index in [1.165, 1.54) is 14.2 Å². The fraction of sp³-hybridized carbons (Fsp3) is 0.294. The number of ether oxygens (including phenoxy) is 3. The summed E-state index contributed by atoms with van der Waals surface area (Å²) < 4.78 is 77.7. The van der Waals surface area contributed by atoms with Crippen molar-refractivity contribution >= 4 is 10.0 Å². The Kier molecular flexibility index (Phi) is 6.68. The average Bonchev–Trinajstić information content (AvgIpc) is 2.61. The topological polar surface area (TPSA) is 73.9 Å². The van der Waals surface area contributed by atoms with Crippen LogP contribution in [0.15, 0.2) is 53.4 Å². The third-order valence-corrected chi connectivity index (χ3v) is 5.02. The first-order valence-electron chi connectivity index (χ1n) is 7.67. The molecular weight excluding hydrogens is 387 g/mol. The van der Waals surface area contributed by atoms with Crippen LogP contribution < -0.4 is 14.2 Å². The van der Waals surface area contributed by atoms with Crippen LogP contribution in [0.5, 0.6) is 11.5 Å². The Labute approximate surface area is 154 Å². The van der Waals surface area contributed by atoms with Gasteiger partial charge in [0, 0.05) is 13.7 Å². The Morgan fingerprint density at radius 1 is 1.04 bits per heavy atom. The Balaban J connectivity index is 2.08. The van der Waals surface area contributed by atoms with Crippen molar-refractivity contribution in [2.75, 3.05) is 20.8 Å². The Morgan fingerprint density at radius 2 is 1.70 bits per heavy atom. The Hall–Kier alpha value is -2.30. The summed E-state index contributed by atoms with van der Waals surface area (Å²) in [7, 11) is -1.01. The SMILES string of the molecule is COc1cccc(C(CNS(=O)(=O)c2ccc(OC(F)(F)F)cc2)OC)c1. The van der Waals surface area contributed by atoms with Gasteiger partial charge >= 0.3 is 6.36 Å². The van der Waals surface area contributed by atoms with Crippen LogP contribution in [0.4, 0.5) is 13.2 Å². The highest BCUT2D eigenvalue weighted by Crippen LogP contribution is 2.25. The molecule has 0 saturated heterocycles. The number of nitrogens with one attached hydrogen (secondary N) is 1. The molecule has 2 aromatic rings. The van der Waals surface area contributed by atoms with Gasteiger partial charge in [-0.25, -0.2) is 13.1 Å². The lowest BCUT2D eigenvalue weighted by Crippen LogP contribution is -2.29. The highest BCUT2D eigenvalue weighted by molar-refractivity contribution is 7.89. The van der Waals surface area contributed by atoms with E-state index in [0.717, 1.165) is 24.3 Å². The fourth-order valence-electron chi connectivity index (χ4n) is 2.27. The van der Waals surface area contributed by atoms with Crippen LogP contribution in [0.2, 0.25) is 0 Å². The molecule has 0 aliphatic rings. The molecule has 0 bridgehead atoms. The van der Waals surface area contributed by atoms with Crippen LogP contribution >= 0.6 is 0 Å². The molecule has 0 saturated carbocycles. The highest BCUT2D eigenvalue weighted by atomic mass is 32.2. The van der Waals surface area contributed by atoms with Gasteiger partial charge in [-0.05, 0) is 42.0 Å². The lowest BCUT2D eigenvalue weighted by molar-refractivity contribution is -0.274. The summed E-state index contributed by atoms with van der Waals surface area (Å²) in [5.74, 6) is 0.0882. The van der Waals surface area contributed by atoms with Crippen LogP contribution in [0.1, 0.15) is 11.7 Å². The minimum Gasteiger partial charge on any atom is -0.497 e. The number of hydrogen-bond donors (Lipinski definition) is 1. The molecule has 27 heavy (non-hydrogen) atoms. The summed E-state index contributed by atoms with van der Waals surface area (Å²) in [6.45, 7) is -0.0766. The Bertz CT molecular complexity index is 854. The number of halogens is 3. The van der Waals surface area contributed by atoms with Gasteiger partial charge in [0.1, 0.15) is 11.5 Å². The summed E-state index contributed by atoms with van der Waals surface area (Å²) in [6, 6.07) is 10.9. The Morgan fingerprint density at radius 3 is 2.26 bits per heavy atom. The van der Waals surface area contributed by atoms with Crippen molar-refractivity contribution in [3.63, 3.8) is 0 Å². The largest absolute Gasteiger partial charge is 0.573 e. The molecule has 0 radical (unpaired) electrons. The number of benzene rings is 2. The number of rotatable bonds is 8. The molecule has 6 nitrogen and oxygen atoms in total. The molecule has 0 spiro atoms. The zero-order chi connectivity index (χ0) is 20.1. The highest BCUT2D eigenvalue weighted by Gasteiger charge is 2.31. The normalized spacial score (nSPS) is 13.2. The summed E-state index contributed by atoms with van der Waals surface area (Å²) in [5.41, 5.74) is 0.702. The standard InChI is InChI=1S/C17H18F3NO5S/c1-24-14-5-3-4-12(10-14)16(25-2)11-21-27(22,23)15-8-6-13(7-9-15)26-17(18,19)20/h3-10,16,21H,11H2,1-2H3. The molecule has 0 aliphatic heterocycles. The second-order valence-electron chi connectivity index (χ2n) is 5.37. The second kappa shape index (κ2) is 8.59. The van der Waals surface area contributed by atoms with E-state index in [1.54, 1.807) is 24.3 Å². The van der Waals surface area contributed by atoms with Crippen LogP contribution in [0, 0.1) is 0 Å². The summed E-state index contributed by atoms with van der Waals surface area (Å²) in [6.07, 6.45) is -5.43. The predicted octanol–water partition coefficient (Wildman–Crippen LogP) is 3.26. The molecule has 0 amide bonds. The van der Waals surface area contributed by atoms with Crippen molar-refractivity contribution in [3.05, 3.63) is 54.1 Å². The van der Waals surface area contributed by atoms with Crippen molar-refractivity contribution in [1.82, 2.24) is 4.72 Å². The zero-order valence-corrected chi connectivity index (χ0v) is 15.3. The van der Waals surface area contributed by atoms with Gasteiger partial charge in [0.2, 0.25) is 10.0 Å². The second-order valence-corrected chi connectivity index (χ2v) is 7.14. The van der Waals surface area contributed by atoms with Crippen molar-refractivity contribution < 1.29 is 35.8 Å². The van der Waals surface area contributed by atoms with Crippen LogP contribution in [0.25, 0.3) is 0 Å². The van der Waals surface area contributed by atoms with Crippen molar-refractivity contribution in [1.29, 1.82) is 0 Å². The van der Waals surface area contributed by atoms with Gasteiger partial charge in [-0.3, -0.25) is 0 Å². The third-order valence-electron chi connectivity index (χ3n) is 3.58. The summed E-state index contributed by atoms with van der Waals surface area (Å²) in [4.78, 5) is -0.197. The quantitative estimate of drug-likeness (QED) is 0.730. The molecule has 0 heterocycles. The lowest BCUT2D eigenvalue weighted by Gasteiger charge is -2.17. The molecule has 0 aromatic heterocycles. The van der Waals surface area contributed by atoms with Gasteiger partial charge in [0.15, 0.2) is 0 Å². The van der Waals surface area contributed by atoms with Crippen LogP contribution in [-0.2, 0) is 14.8 Å². The number of methoxy groups -OCH3 is 2. The maximum absolute atomic E-state index is 12.3. The molecule has 148 valence electrons. The van der Waals surface area contributed by atoms with Crippen molar-refractivity contribution in [2.45, 2.75) is 17.4 Å². The van der Waals surface area contributed by atoms with E-state index in [1.807, 2.05) is 0 Å². The van der Waals surface area contributed by atoms with Crippen molar-refractivity contribution in [3.8, 4) is 11.5 Å². The molecule has 2 aromatic carbocycles.